The van der Waals surface area contributed by atoms with E-state index in [9.17, 15) is 9.18 Å². The van der Waals surface area contributed by atoms with Crippen LogP contribution in [0.1, 0.15) is 19.4 Å². The van der Waals surface area contributed by atoms with Crippen LogP contribution in [0.15, 0.2) is 29.3 Å². The van der Waals surface area contributed by atoms with Crippen LogP contribution in [0, 0.1) is 5.82 Å². The number of nitrogens with one attached hydrogen (secondary N) is 1. The van der Waals surface area contributed by atoms with Gasteiger partial charge in [0.1, 0.15) is 5.82 Å². The first-order valence-electron chi connectivity index (χ1n) is 8.13. The van der Waals surface area contributed by atoms with E-state index in [1.165, 1.54) is 6.07 Å². The molecule has 5 nitrogen and oxygen atoms in total. The van der Waals surface area contributed by atoms with Crippen molar-refractivity contribution in [2.24, 2.45) is 4.99 Å². The molecule has 1 heterocycles. The second kappa shape index (κ2) is 10.5. The molecular formula is C17H26FIN4O. The first-order valence-corrected chi connectivity index (χ1v) is 8.13. The van der Waals surface area contributed by atoms with Crippen molar-refractivity contribution in [2.45, 2.75) is 20.3 Å². The molecule has 0 bridgehead atoms. The minimum Gasteiger partial charge on any atom is -0.357 e. The third-order valence-corrected chi connectivity index (χ3v) is 3.91. The first kappa shape index (κ1) is 20.7. The molecule has 0 unspecified atom stereocenters. The normalized spacial score (nSPS) is 15.0. The molecule has 1 saturated heterocycles. The summed E-state index contributed by atoms with van der Waals surface area (Å²) in [5, 5.41) is 3.29. The molecule has 1 aliphatic rings. The Morgan fingerprint density at radius 2 is 1.92 bits per heavy atom. The van der Waals surface area contributed by atoms with E-state index in [0.717, 1.165) is 44.2 Å². The van der Waals surface area contributed by atoms with Gasteiger partial charge in [0.15, 0.2) is 5.96 Å². The zero-order valence-corrected chi connectivity index (χ0v) is 16.6. The topological polar surface area (TPSA) is 47.9 Å². The number of piperazine rings is 1. The van der Waals surface area contributed by atoms with Crippen LogP contribution in [-0.2, 0) is 11.2 Å². The smallest absolute Gasteiger partial charge is 0.219 e. The van der Waals surface area contributed by atoms with Gasteiger partial charge in [-0.3, -0.25) is 9.79 Å². The molecule has 0 radical (unpaired) electrons. The van der Waals surface area contributed by atoms with Crippen molar-refractivity contribution in [3.05, 3.63) is 35.6 Å². The van der Waals surface area contributed by atoms with E-state index in [4.69, 9.17) is 0 Å². The lowest BCUT2D eigenvalue weighted by atomic mass is 10.1. The summed E-state index contributed by atoms with van der Waals surface area (Å²) >= 11 is 0. The van der Waals surface area contributed by atoms with Crippen molar-refractivity contribution >= 4 is 35.8 Å². The summed E-state index contributed by atoms with van der Waals surface area (Å²) in [5.41, 5.74) is 0.950. The number of aliphatic imine (C=N–C) groups is 1. The molecule has 1 aliphatic heterocycles. The minimum atomic E-state index is -0.209. The minimum absolute atomic E-state index is 0. The summed E-state index contributed by atoms with van der Waals surface area (Å²) in [6.45, 7) is 8.07. The number of halogens is 2. The van der Waals surface area contributed by atoms with Gasteiger partial charge in [0.25, 0.3) is 0 Å². The molecule has 1 amide bonds. The molecule has 7 heteroatoms. The highest BCUT2D eigenvalue weighted by Crippen LogP contribution is 2.06. The Balaban J connectivity index is 0.00000288. The average Bonchev–Trinajstić information content (AvgIpc) is 2.54. The molecule has 0 atom stereocenters. The molecule has 0 saturated carbocycles. The fourth-order valence-corrected chi connectivity index (χ4v) is 2.64. The van der Waals surface area contributed by atoms with Crippen LogP contribution >= 0.6 is 24.0 Å². The predicted octanol–water partition coefficient (Wildman–Crippen LogP) is 2.12. The van der Waals surface area contributed by atoms with Crippen LogP contribution in [0.5, 0.6) is 0 Å². The van der Waals surface area contributed by atoms with Crippen molar-refractivity contribution in [1.82, 2.24) is 15.1 Å². The Bertz CT molecular complexity index is 559. The molecule has 0 spiro atoms. The summed E-state index contributed by atoms with van der Waals surface area (Å²) < 4.78 is 13.2. The van der Waals surface area contributed by atoms with Gasteiger partial charge in [-0.25, -0.2) is 4.39 Å². The number of carbonyl (C=O) groups excluding carboxylic acids is 1. The lowest BCUT2D eigenvalue weighted by Crippen LogP contribution is -2.53. The molecule has 24 heavy (non-hydrogen) atoms. The summed E-state index contributed by atoms with van der Waals surface area (Å²) in [4.78, 5) is 20.1. The maximum absolute atomic E-state index is 13.2. The molecule has 134 valence electrons. The monoisotopic (exact) mass is 448 g/mol. The fraction of sp³-hybridized carbons (Fsp3) is 0.529. The third-order valence-electron chi connectivity index (χ3n) is 3.91. The highest BCUT2D eigenvalue weighted by atomic mass is 127. The van der Waals surface area contributed by atoms with E-state index in [1.807, 2.05) is 17.9 Å². The van der Waals surface area contributed by atoms with Crippen molar-refractivity contribution in [1.29, 1.82) is 0 Å². The number of carbonyl (C=O) groups is 1. The number of hydrogen-bond acceptors (Lipinski definition) is 2. The highest BCUT2D eigenvalue weighted by molar-refractivity contribution is 14.0. The maximum atomic E-state index is 13.2. The maximum Gasteiger partial charge on any atom is 0.219 e. The molecule has 0 aliphatic carbocycles. The number of rotatable bonds is 4. The van der Waals surface area contributed by atoms with Crippen LogP contribution in [-0.4, -0.2) is 60.9 Å². The Morgan fingerprint density at radius 3 is 2.50 bits per heavy atom. The van der Waals surface area contributed by atoms with Gasteiger partial charge in [-0.05, 0) is 31.0 Å². The lowest BCUT2D eigenvalue weighted by molar-refractivity contribution is -0.130. The van der Waals surface area contributed by atoms with Crippen molar-refractivity contribution in [3.8, 4) is 0 Å². The summed E-state index contributed by atoms with van der Waals surface area (Å²) in [5.74, 6) is 0.781. The van der Waals surface area contributed by atoms with Crippen LogP contribution in [0.2, 0.25) is 0 Å². The van der Waals surface area contributed by atoms with E-state index in [-0.39, 0.29) is 35.7 Å². The Labute approximate surface area is 160 Å². The molecule has 1 fully saturated rings. The second-order valence-corrected chi connectivity index (χ2v) is 5.61. The zero-order chi connectivity index (χ0) is 16.7. The number of benzene rings is 1. The largest absolute Gasteiger partial charge is 0.357 e. The van der Waals surface area contributed by atoms with Crippen molar-refractivity contribution in [2.75, 3.05) is 39.3 Å². The molecule has 1 aromatic carbocycles. The molecular weight excluding hydrogens is 422 g/mol. The first-order chi connectivity index (χ1) is 11.1. The van der Waals surface area contributed by atoms with Gasteiger partial charge < -0.3 is 15.1 Å². The highest BCUT2D eigenvalue weighted by Gasteiger charge is 2.20. The standard InChI is InChI=1S/C17H25FN4O.HI/c1-3-19-17(22-11-9-21(10-12-22)14(2)23)20-8-7-15-5-4-6-16(18)13-15;/h4-6,13H,3,7-12H2,1-2H3,(H,19,20);1H. The Hall–Kier alpha value is -1.38. The zero-order valence-electron chi connectivity index (χ0n) is 14.3. The van der Waals surface area contributed by atoms with E-state index in [1.54, 1.807) is 19.1 Å². The lowest BCUT2D eigenvalue weighted by Gasteiger charge is -2.36. The van der Waals surface area contributed by atoms with Crippen molar-refractivity contribution in [3.63, 3.8) is 0 Å². The molecule has 1 N–H and O–H groups in total. The third kappa shape index (κ3) is 6.26. The number of nitrogens with zero attached hydrogens (tertiary/aromatic N) is 3. The molecule has 0 aromatic heterocycles. The second-order valence-electron chi connectivity index (χ2n) is 5.61. The number of amides is 1. The molecule has 1 aromatic rings. The van der Waals surface area contributed by atoms with Gasteiger partial charge >= 0.3 is 0 Å². The van der Waals surface area contributed by atoms with Crippen LogP contribution in [0.25, 0.3) is 0 Å². The van der Waals surface area contributed by atoms with Gasteiger partial charge in [-0.2, -0.15) is 0 Å². The van der Waals surface area contributed by atoms with E-state index in [2.05, 4.69) is 15.2 Å². The van der Waals surface area contributed by atoms with E-state index < -0.39 is 0 Å². The summed E-state index contributed by atoms with van der Waals surface area (Å²) in [6, 6.07) is 6.64. The number of hydrogen-bond donors (Lipinski definition) is 1. The van der Waals surface area contributed by atoms with Gasteiger partial charge in [-0.1, -0.05) is 12.1 Å². The van der Waals surface area contributed by atoms with Gasteiger partial charge in [0.05, 0.1) is 0 Å². The van der Waals surface area contributed by atoms with Crippen molar-refractivity contribution < 1.29 is 9.18 Å². The predicted molar refractivity (Wildman–Crippen MR) is 105 cm³/mol. The molecule has 2 rings (SSSR count). The fourth-order valence-electron chi connectivity index (χ4n) is 2.64. The Morgan fingerprint density at radius 1 is 1.25 bits per heavy atom. The average molecular weight is 448 g/mol. The van der Waals surface area contributed by atoms with Gasteiger partial charge in [-0.15, -0.1) is 24.0 Å². The van der Waals surface area contributed by atoms with E-state index in [0.29, 0.717) is 13.0 Å². The van der Waals surface area contributed by atoms with Crippen LogP contribution in [0.3, 0.4) is 0 Å². The van der Waals surface area contributed by atoms with Crippen LogP contribution in [0.4, 0.5) is 4.39 Å². The van der Waals surface area contributed by atoms with Gasteiger partial charge in [0, 0.05) is 46.2 Å². The van der Waals surface area contributed by atoms with Crippen LogP contribution < -0.4 is 5.32 Å². The number of guanidine groups is 1. The van der Waals surface area contributed by atoms with Gasteiger partial charge in [0.2, 0.25) is 5.91 Å². The SMILES string of the molecule is CCNC(=NCCc1cccc(F)c1)N1CCN(C(C)=O)CC1.I. The van der Waals surface area contributed by atoms with E-state index >= 15 is 0 Å². The quantitative estimate of drug-likeness (QED) is 0.436. The Kier molecular flexibility index (Phi) is 9.02. The summed E-state index contributed by atoms with van der Waals surface area (Å²) in [6.07, 6.45) is 0.708. The summed E-state index contributed by atoms with van der Waals surface area (Å²) in [7, 11) is 0.